The van der Waals surface area contributed by atoms with Crippen LogP contribution in [0.2, 0.25) is 0 Å². The van der Waals surface area contributed by atoms with Gasteiger partial charge in [0.25, 0.3) is 5.91 Å². The Labute approximate surface area is 265 Å². The van der Waals surface area contributed by atoms with Crippen molar-refractivity contribution in [2.24, 2.45) is 5.73 Å². The monoisotopic (exact) mass is 619 g/mol. The molecule has 2 aromatic heterocycles. The lowest BCUT2D eigenvalue weighted by molar-refractivity contribution is -0.141. The second-order valence-electron chi connectivity index (χ2n) is 11.7. The number of aromatic nitrogens is 4. The van der Waals surface area contributed by atoms with Crippen LogP contribution in [0.3, 0.4) is 0 Å². The number of hydrogen-bond donors (Lipinski definition) is 4. The van der Waals surface area contributed by atoms with Crippen LogP contribution in [0.1, 0.15) is 61.1 Å². The van der Waals surface area contributed by atoms with Gasteiger partial charge in [-0.3, -0.25) is 4.79 Å². The summed E-state index contributed by atoms with van der Waals surface area (Å²) < 4.78 is 20.5. The number of H-pyrrole nitrogens is 2. The van der Waals surface area contributed by atoms with Crippen LogP contribution >= 0.6 is 0 Å². The van der Waals surface area contributed by atoms with Crippen molar-refractivity contribution in [3.05, 3.63) is 108 Å². The number of hydrogen-bond acceptors (Lipinski definition) is 6. The number of rotatable bonds is 8. The standard InChI is InChI=1S/C35H34FN7O3/c36-26-18-24(14-15-25(26)29-20-39-32(42-29)27-8-4-16-38-27)21-10-12-22(13-11-21)28-19-40-33(41-28)30-9-5-17-43(30)34(44)31(46-35(37)45)23-6-2-1-3-7-23/h1-3,6-7,10-15,18-20,27,30-31,38H,4-5,8-9,16-17H2,(H2,37,45)(H,39,42)(H,40,41)/t27-,30-,31+/m0/s1. The molecule has 5 N–H and O–H groups in total. The molecule has 2 amide bonds. The van der Waals surface area contributed by atoms with E-state index in [1.807, 2.05) is 36.4 Å². The van der Waals surface area contributed by atoms with Gasteiger partial charge < -0.3 is 30.7 Å². The maximum Gasteiger partial charge on any atom is 0.405 e. The highest BCUT2D eigenvalue weighted by atomic mass is 19.1. The average Bonchev–Trinajstić information content (AvgIpc) is 3.90. The van der Waals surface area contributed by atoms with Gasteiger partial charge in [0.2, 0.25) is 6.10 Å². The number of carbonyl (C=O) groups is 2. The van der Waals surface area contributed by atoms with Crippen LogP contribution < -0.4 is 11.1 Å². The van der Waals surface area contributed by atoms with Gasteiger partial charge in [-0.1, -0.05) is 60.7 Å². The second kappa shape index (κ2) is 12.6. The SMILES string of the molecule is NC(=O)O[C@@H](C(=O)N1CCC[C@H]1c1ncc(-c2ccc(-c3ccc(-c4cnc([C@@H]5CCCN5)[nH]4)c(F)c3)cc2)[nH]1)c1ccccc1. The number of aromatic amines is 2. The van der Waals surface area contributed by atoms with Gasteiger partial charge in [-0.25, -0.2) is 19.2 Å². The minimum absolute atomic E-state index is 0.190. The number of nitrogens with zero attached hydrogens (tertiary/aromatic N) is 3. The third kappa shape index (κ3) is 5.89. The molecule has 2 saturated heterocycles. The van der Waals surface area contributed by atoms with Gasteiger partial charge in [-0.2, -0.15) is 0 Å². The predicted molar refractivity (Wildman–Crippen MR) is 171 cm³/mol. The van der Waals surface area contributed by atoms with Crippen LogP contribution in [0.4, 0.5) is 9.18 Å². The fourth-order valence-corrected chi connectivity index (χ4v) is 6.45. The molecule has 11 heteroatoms. The first kappa shape index (κ1) is 29.4. The fourth-order valence-electron chi connectivity index (χ4n) is 6.45. The molecule has 0 spiro atoms. The molecule has 234 valence electrons. The summed E-state index contributed by atoms with van der Waals surface area (Å²) in [6.45, 7) is 1.48. The Balaban J connectivity index is 1.06. The van der Waals surface area contributed by atoms with Crippen LogP contribution in [-0.2, 0) is 9.53 Å². The Morgan fingerprint density at radius 1 is 0.870 bits per heavy atom. The summed E-state index contributed by atoms with van der Waals surface area (Å²) >= 11 is 0. The summed E-state index contributed by atoms with van der Waals surface area (Å²) in [4.78, 5) is 42.7. The number of benzene rings is 3. The number of amides is 2. The molecule has 0 radical (unpaired) electrons. The van der Waals surface area contributed by atoms with E-state index in [0.717, 1.165) is 54.0 Å². The Morgan fingerprint density at radius 2 is 1.59 bits per heavy atom. The number of primary amides is 1. The van der Waals surface area contributed by atoms with Crippen molar-refractivity contribution >= 4 is 12.0 Å². The fraction of sp³-hybridized carbons (Fsp3) is 0.257. The van der Waals surface area contributed by atoms with Crippen molar-refractivity contribution in [3.63, 3.8) is 0 Å². The van der Waals surface area contributed by atoms with E-state index in [4.69, 9.17) is 10.5 Å². The molecule has 7 rings (SSSR count). The van der Waals surface area contributed by atoms with E-state index >= 15 is 4.39 Å². The highest BCUT2D eigenvalue weighted by molar-refractivity contribution is 5.85. The van der Waals surface area contributed by atoms with Crippen molar-refractivity contribution in [3.8, 4) is 33.6 Å². The van der Waals surface area contributed by atoms with E-state index in [2.05, 4.69) is 25.3 Å². The third-order valence-corrected chi connectivity index (χ3v) is 8.78. The van der Waals surface area contributed by atoms with Crippen LogP contribution in [0.25, 0.3) is 33.6 Å². The largest absolute Gasteiger partial charge is 0.431 e. The first-order chi connectivity index (χ1) is 22.4. The van der Waals surface area contributed by atoms with Gasteiger partial charge in [0.1, 0.15) is 17.5 Å². The van der Waals surface area contributed by atoms with Gasteiger partial charge in [0.05, 0.1) is 35.9 Å². The lowest BCUT2D eigenvalue weighted by Crippen LogP contribution is -2.37. The van der Waals surface area contributed by atoms with Gasteiger partial charge in [-0.15, -0.1) is 0 Å². The molecule has 0 bridgehead atoms. The number of ether oxygens (including phenoxy) is 1. The average molecular weight is 620 g/mol. The number of halogens is 1. The zero-order valence-corrected chi connectivity index (χ0v) is 25.1. The summed E-state index contributed by atoms with van der Waals surface area (Å²) in [5, 5.41) is 3.41. The van der Waals surface area contributed by atoms with Crippen LogP contribution in [0.15, 0.2) is 85.2 Å². The molecular weight excluding hydrogens is 585 g/mol. The summed E-state index contributed by atoms with van der Waals surface area (Å²) in [6, 6.07) is 21.8. The van der Waals surface area contributed by atoms with Crippen LogP contribution in [0.5, 0.6) is 0 Å². The normalized spacial score (nSPS) is 18.5. The highest BCUT2D eigenvalue weighted by Crippen LogP contribution is 2.35. The molecule has 0 unspecified atom stereocenters. The Kier molecular flexibility index (Phi) is 8.06. The molecule has 3 atom stereocenters. The first-order valence-corrected chi connectivity index (χ1v) is 15.5. The molecule has 0 aliphatic carbocycles. The Morgan fingerprint density at radius 3 is 2.33 bits per heavy atom. The number of nitrogens with one attached hydrogen (secondary N) is 3. The van der Waals surface area contributed by atoms with Gasteiger partial charge >= 0.3 is 6.09 Å². The number of carbonyl (C=O) groups excluding carboxylic acids is 2. The smallest absolute Gasteiger partial charge is 0.405 e. The van der Waals surface area contributed by atoms with Crippen molar-refractivity contribution in [2.75, 3.05) is 13.1 Å². The van der Waals surface area contributed by atoms with E-state index in [9.17, 15) is 9.59 Å². The lowest BCUT2D eigenvalue weighted by atomic mass is 10.0. The molecule has 10 nitrogen and oxygen atoms in total. The second-order valence-corrected chi connectivity index (χ2v) is 11.7. The summed E-state index contributed by atoms with van der Waals surface area (Å²) in [5.74, 6) is 0.834. The minimum Gasteiger partial charge on any atom is -0.431 e. The zero-order chi connectivity index (χ0) is 31.6. The Bertz CT molecular complexity index is 1850. The topological polar surface area (TPSA) is 142 Å². The molecule has 5 aromatic rings. The minimum atomic E-state index is -1.13. The molecule has 46 heavy (non-hydrogen) atoms. The van der Waals surface area contributed by atoms with Gasteiger partial charge in [0, 0.05) is 17.7 Å². The van der Waals surface area contributed by atoms with Crippen molar-refractivity contribution in [1.29, 1.82) is 0 Å². The number of imidazole rings is 2. The molecule has 2 fully saturated rings. The molecule has 0 saturated carbocycles. The van der Waals surface area contributed by atoms with E-state index in [-0.39, 0.29) is 23.8 Å². The predicted octanol–water partition coefficient (Wildman–Crippen LogP) is 6.20. The zero-order valence-electron chi connectivity index (χ0n) is 25.1. The summed E-state index contributed by atoms with van der Waals surface area (Å²) in [6.07, 6.45) is 4.92. The first-order valence-electron chi connectivity index (χ1n) is 15.5. The van der Waals surface area contributed by atoms with E-state index in [0.29, 0.717) is 35.6 Å². The van der Waals surface area contributed by atoms with E-state index in [1.165, 1.54) is 0 Å². The van der Waals surface area contributed by atoms with Gasteiger partial charge in [0.15, 0.2) is 0 Å². The van der Waals surface area contributed by atoms with Crippen LogP contribution in [-0.4, -0.2) is 49.9 Å². The molecule has 2 aliphatic heterocycles. The van der Waals surface area contributed by atoms with E-state index in [1.54, 1.807) is 53.7 Å². The third-order valence-electron chi connectivity index (χ3n) is 8.78. The molecule has 4 heterocycles. The molecule has 3 aromatic carbocycles. The lowest BCUT2D eigenvalue weighted by Gasteiger charge is -2.27. The number of likely N-dealkylation sites (tertiary alicyclic amines) is 1. The van der Waals surface area contributed by atoms with Crippen molar-refractivity contribution < 1.29 is 18.7 Å². The summed E-state index contributed by atoms with van der Waals surface area (Å²) in [7, 11) is 0. The summed E-state index contributed by atoms with van der Waals surface area (Å²) in [5.41, 5.74) is 10.4. The van der Waals surface area contributed by atoms with Gasteiger partial charge in [-0.05, 0) is 61.1 Å². The van der Waals surface area contributed by atoms with Crippen molar-refractivity contribution in [2.45, 2.75) is 43.9 Å². The highest BCUT2D eigenvalue weighted by Gasteiger charge is 2.37. The quantitative estimate of drug-likeness (QED) is 0.163. The maximum atomic E-state index is 15.3. The Hall–Kier alpha value is -5.29. The molecule has 2 aliphatic rings. The maximum absolute atomic E-state index is 15.3. The van der Waals surface area contributed by atoms with Crippen molar-refractivity contribution in [1.82, 2.24) is 30.2 Å². The van der Waals surface area contributed by atoms with Crippen LogP contribution in [0, 0.1) is 5.82 Å². The number of nitrogens with two attached hydrogens (primary N) is 1. The molecular formula is C35H34FN7O3. The van der Waals surface area contributed by atoms with E-state index < -0.39 is 12.2 Å².